The van der Waals surface area contributed by atoms with E-state index in [1.165, 1.54) is 0 Å². The molecule has 4 heteroatoms. The zero-order chi connectivity index (χ0) is 21.8. The Morgan fingerprint density at radius 2 is 1.47 bits per heavy atom. The van der Waals surface area contributed by atoms with Gasteiger partial charge in [-0.1, -0.05) is 66.7 Å². The maximum atomic E-state index is 13.8. The standard InChI is InChI=1S/C28H21N3O/c32-28(26-12-4-10-24-11-6-18-30-27(24)26)31(20-21-7-5-17-29-19-21)25-15-13-23(14-16-25)22-8-2-1-3-9-22/h1-19H,20H2. The third kappa shape index (κ3) is 3.98. The van der Waals surface area contributed by atoms with Crippen molar-refractivity contribution in [1.29, 1.82) is 0 Å². The quantitative estimate of drug-likeness (QED) is 0.346. The number of pyridine rings is 2. The average molecular weight is 415 g/mol. The fourth-order valence-corrected chi connectivity index (χ4v) is 3.84. The number of fused-ring (bicyclic) bond motifs is 1. The van der Waals surface area contributed by atoms with Crippen molar-refractivity contribution in [1.82, 2.24) is 9.97 Å². The van der Waals surface area contributed by atoms with Gasteiger partial charge in [0.15, 0.2) is 0 Å². The van der Waals surface area contributed by atoms with Crippen LogP contribution in [0.2, 0.25) is 0 Å². The lowest BCUT2D eigenvalue weighted by molar-refractivity contribution is 0.0986. The molecule has 154 valence electrons. The molecular formula is C28H21N3O. The van der Waals surface area contributed by atoms with Crippen molar-refractivity contribution in [2.75, 3.05) is 4.90 Å². The predicted molar refractivity (Wildman–Crippen MR) is 128 cm³/mol. The van der Waals surface area contributed by atoms with Crippen LogP contribution in [0.3, 0.4) is 0 Å². The van der Waals surface area contributed by atoms with Crippen LogP contribution in [0.15, 0.2) is 116 Å². The number of carbonyl (C=O) groups excluding carboxylic acids is 1. The highest BCUT2D eigenvalue weighted by Crippen LogP contribution is 2.27. The Kier molecular flexibility index (Phi) is 5.41. The van der Waals surface area contributed by atoms with Gasteiger partial charge in [-0.2, -0.15) is 0 Å². The SMILES string of the molecule is O=C(c1cccc2cccnc12)N(Cc1cccnc1)c1ccc(-c2ccccc2)cc1. The summed E-state index contributed by atoms with van der Waals surface area (Å²) in [6.45, 7) is 0.417. The Bertz CT molecular complexity index is 1350. The molecule has 0 saturated heterocycles. The van der Waals surface area contributed by atoms with E-state index in [0.717, 1.165) is 27.8 Å². The van der Waals surface area contributed by atoms with Crippen LogP contribution in [0.25, 0.3) is 22.0 Å². The van der Waals surface area contributed by atoms with Gasteiger partial charge in [0.1, 0.15) is 0 Å². The molecule has 1 amide bonds. The number of amides is 1. The zero-order valence-corrected chi connectivity index (χ0v) is 17.4. The minimum atomic E-state index is -0.0920. The number of anilines is 1. The summed E-state index contributed by atoms with van der Waals surface area (Å²) in [5.74, 6) is -0.0920. The molecule has 0 N–H and O–H groups in total. The zero-order valence-electron chi connectivity index (χ0n) is 17.4. The first-order chi connectivity index (χ1) is 15.8. The lowest BCUT2D eigenvalue weighted by Gasteiger charge is -2.24. The minimum Gasteiger partial charge on any atom is -0.304 e. The highest BCUT2D eigenvalue weighted by atomic mass is 16.2. The van der Waals surface area contributed by atoms with Crippen LogP contribution in [0.4, 0.5) is 5.69 Å². The topological polar surface area (TPSA) is 46.1 Å². The summed E-state index contributed by atoms with van der Waals surface area (Å²) >= 11 is 0. The van der Waals surface area contributed by atoms with Crippen LogP contribution in [-0.2, 0) is 6.54 Å². The van der Waals surface area contributed by atoms with E-state index in [1.807, 2.05) is 72.8 Å². The lowest BCUT2D eigenvalue weighted by atomic mass is 10.0. The van der Waals surface area contributed by atoms with Crippen molar-refractivity contribution in [3.63, 3.8) is 0 Å². The Morgan fingerprint density at radius 3 is 2.25 bits per heavy atom. The molecule has 0 bridgehead atoms. The monoisotopic (exact) mass is 415 g/mol. The van der Waals surface area contributed by atoms with Gasteiger partial charge in [0.2, 0.25) is 0 Å². The Labute approximate surface area is 186 Å². The summed E-state index contributed by atoms with van der Waals surface area (Å²) < 4.78 is 0. The number of rotatable bonds is 5. The van der Waals surface area contributed by atoms with E-state index in [-0.39, 0.29) is 5.91 Å². The molecule has 0 unspecified atom stereocenters. The molecule has 0 aliphatic heterocycles. The molecule has 5 aromatic rings. The number of carbonyl (C=O) groups is 1. The molecule has 0 atom stereocenters. The van der Waals surface area contributed by atoms with Gasteiger partial charge in [0, 0.05) is 29.7 Å². The molecule has 0 fully saturated rings. The van der Waals surface area contributed by atoms with Crippen LogP contribution >= 0.6 is 0 Å². The lowest BCUT2D eigenvalue weighted by Crippen LogP contribution is -2.30. The first kappa shape index (κ1) is 19.6. The first-order valence-electron chi connectivity index (χ1n) is 10.5. The smallest absolute Gasteiger partial charge is 0.260 e. The van der Waals surface area contributed by atoms with Crippen LogP contribution < -0.4 is 4.90 Å². The van der Waals surface area contributed by atoms with Gasteiger partial charge in [-0.25, -0.2) is 0 Å². The largest absolute Gasteiger partial charge is 0.304 e. The number of aromatic nitrogens is 2. The van der Waals surface area contributed by atoms with Gasteiger partial charge < -0.3 is 4.90 Å². The van der Waals surface area contributed by atoms with Crippen LogP contribution in [0.1, 0.15) is 15.9 Å². The summed E-state index contributed by atoms with van der Waals surface area (Å²) in [6.07, 6.45) is 5.25. The van der Waals surface area contributed by atoms with Gasteiger partial charge in [0.25, 0.3) is 5.91 Å². The summed E-state index contributed by atoms with van der Waals surface area (Å²) in [6, 6.07) is 31.7. The Balaban J connectivity index is 1.55. The highest BCUT2D eigenvalue weighted by molar-refractivity contribution is 6.13. The van der Waals surface area contributed by atoms with E-state index in [1.54, 1.807) is 23.5 Å². The number of para-hydroxylation sites is 1. The molecular weight excluding hydrogens is 394 g/mol. The summed E-state index contributed by atoms with van der Waals surface area (Å²) in [7, 11) is 0. The van der Waals surface area contributed by atoms with Crippen LogP contribution in [-0.4, -0.2) is 15.9 Å². The number of benzene rings is 3. The second-order valence-electron chi connectivity index (χ2n) is 7.55. The van der Waals surface area contributed by atoms with Crippen molar-refractivity contribution in [3.05, 3.63) is 127 Å². The molecule has 5 rings (SSSR count). The molecule has 2 aromatic heterocycles. The molecule has 32 heavy (non-hydrogen) atoms. The van der Waals surface area contributed by atoms with Gasteiger partial charge in [-0.15, -0.1) is 0 Å². The van der Waals surface area contributed by atoms with Crippen LogP contribution in [0.5, 0.6) is 0 Å². The predicted octanol–water partition coefficient (Wildman–Crippen LogP) is 6.14. The second-order valence-corrected chi connectivity index (χ2v) is 7.55. The van der Waals surface area contributed by atoms with E-state index in [0.29, 0.717) is 17.6 Å². The molecule has 0 radical (unpaired) electrons. The van der Waals surface area contributed by atoms with Gasteiger partial charge in [-0.05, 0) is 47.0 Å². The summed E-state index contributed by atoms with van der Waals surface area (Å²) in [5, 5.41) is 0.944. The fraction of sp³-hybridized carbons (Fsp3) is 0.0357. The summed E-state index contributed by atoms with van der Waals surface area (Å²) in [4.78, 5) is 24.3. The van der Waals surface area contributed by atoms with Crippen molar-refractivity contribution < 1.29 is 4.79 Å². The van der Waals surface area contributed by atoms with Gasteiger partial charge in [-0.3, -0.25) is 14.8 Å². The second kappa shape index (κ2) is 8.82. The molecule has 0 spiro atoms. The minimum absolute atomic E-state index is 0.0920. The van der Waals surface area contributed by atoms with Crippen molar-refractivity contribution >= 4 is 22.5 Å². The molecule has 0 aliphatic carbocycles. The normalized spacial score (nSPS) is 10.8. The maximum absolute atomic E-state index is 13.8. The Morgan fingerprint density at radius 1 is 0.719 bits per heavy atom. The molecule has 0 aliphatic rings. The first-order valence-corrected chi connectivity index (χ1v) is 10.5. The van der Waals surface area contributed by atoms with E-state index in [2.05, 4.69) is 34.2 Å². The number of hydrogen-bond acceptors (Lipinski definition) is 3. The van der Waals surface area contributed by atoms with E-state index in [4.69, 9.17) is 0 Å². The summed E-state index contributed by atoms with van der Waals surface area (Å²) in [5.41, 5.74) is 5.32. The van der Waals surface area contributed by atoms with Crippen molar-refractivity contribution in [2.45, 2.75) is 6.54 Å². The van der Waals surface area contributed by atoms with Crippen LogP contribution in [0, 0.1) is 0 Å². The molecule has 3 aromatic carbocycles. The molecule has 0 saturated carbocycles. The average Bonchev–Trinajstić information content (AvgIpc) is 2.88. The maximum Gasteiger partial charge on any atom is 0.260 e. The molecule has 4 nitrogen and oxygen atoms in total. The number of nitrogens with zero attached hydrogens (tertiary/aromatic N) is 3. The van der Waals surface area contributed by atoms with E-state index in [9.17, 15) is 4.79 Å². The third-order valence-corrected chi connectivity index (χ3v) is 5.46. The highest BCUT2D eigenvalue weighted by Gasteiger charge is 2.21. The number of hydrogen-bond donors (Lipinski definition) is 0. The van der Waals surface area contributed by atoms with Crippen molar-refractivity contribution in [3.8, 4) is 11.1 Å². The van der Waals surface area contributed by atoms with Crippen molar-refractivity contribution in [2.24, 2.45) is 0 Å². The fourth-order valence-electron chi connectivity index (χ4n) is 3.84. The molecule has 2 heterocycles. The van der Waals surface area contributed by atoms with Gasteiger partial charge in [0.05, 0.1) is 17.6 Å². The van der Waals surface area contributed by atoms with E-state index < -0.39 is 0 Å². The van der Waals surface area contributed by atoms with Gasteiger partial charge >= 0.3 is 0 Å². The third-order valence-electron chi connectivity index (χ3n) is 5.46. The van der Waals surface area contributed by atoms with E-state index >= 15 is 0 Å². The Hall–Kier alpha value is -4.31.